The standard InChI is InChI=1S/C21H23BrN6O/c1-27-7-9-28(10-8-27)13-20(29)25-17-5-6-19-18(12-17)21(24-14-23-19)26-16-4-2-3-15(22)11-16/h2-6,11-12,14H,7-10,13H2,1H3,(H,25,29)(H,23,24,26). The molecule has 1 aromatic heterocycles. The van der Waals surface area contributed by atoms with Crippen LogP contribution in [-0.2, 0) is 4.79 Å². The number of carbonyl (C=O) groups excluding carboxylic acids is 1. The molecule has 0 saturated carbocycles. The van der Waals surface area contributed by atoms with Gasteiger partial charge in [-0.25, -0.2) is 9.97 Å². The number of amides is 1. The van der Waals surface area contributed by atoms with Crippen LogP contribution in [0.1, 0.15) is 0 Å². The van der Waals surface area contributed by atoms with Gasteiger partial charge in [0.25, 0.3) is 0 Å². The van der Waals surface area contributed by atoms with E-state index in [1.807, 2.05) is 42.5 Å². The molecule has 1 amide bonds. The molecule has 0 unspecified atom stereocenters. The van der Waals surface area contributed by atoms with E-state index in [1.54, 1.807) is 0 Å². The van der Waals surface area contributed by atoms with E-state index < -0.39 is 0 Å². The maximum absolute atomic E-state index is 12.5. The number of carbonyl (C=O) groups is 1. The van der Waals surface area contributed by atoms with E-state index in [2.05, 4.69) is 53.4 Å². The average Bonchev–Trinajstić information content (AvgIpc) is 2.70. The van der Waals surface area contributed by atoms with Gasteiger partial charge in [0.1, 0.15) is 12.1 Å². The third-order valence-electron chi connectivity index (χ3n) is 4.97. The highest BCUT2D eigenvalue weighted by molar-refractivity contribution is 9.10. The molecule has 1 fully saturated rings. The lowest BCUT2D eigenvalue weighted by molar-refractivity contribution is -0.117. The number of likely N-dealkylation sites (N-methyl/N-ethyl adjacent to an activating group) is 1. The quantitative estimate of drug-likeness (QED) is 0.615. The Kier molecular flexibility index (Phi) is 6.03. The van der Waals surface area contributed by atoms with Crippen molar-refractivity contribution in [2.24, 2.45) is 0 Å². The van der Waals surface area contributed by atoms with E-state index >= 15 is 0 Å². The minimum atomic E-state index is -0.00717. The van der Waals surface area contributed by atoms with E-state index in [0.717, 1.165) is 52.9 Å². The first-order valence-corrected chi connectivity index (χ1v) is 10.3. The summed E-state index contributed by atoms with van der Waals surface area (Å²) < 4.78 is 0.984. The van der Waals surface area contributed by atoms with Crippen molar-refractivity contribution in [2.45, 2.75) is 0 Å². The first-order valence-electron chi connectivity index (χ1n) is 9.55. The number of benzene rings is 2. The predicted octanol–water partition coefficient (Wildman–Crippen LogP) is 3.32. The Bertz CT molecular complexity index is 1020. The molecule has 1 aliphatic rings. The van der Waals surface area contributed by atoms with Crippen LogP contribution in [-0.4, -0.2) is 65.4 Å². The molecule has 29 heavy (non-hydrogen) atoms. The lowest BCUT2D eigenvalue weighted by Crippen LogP contribution is -2.47. The predicted molar refractivity (Wildman–Crippen MR) is 120 cm³/mol. The zero-order valence-corrected chi connectivity index (χ0v) is 17.8. The van der Waals surface area contributed by atoms with Crippen LogP contribution in [0.5, 0.6) is 0 Å². The SMILES string of the molecule is CN1CCN(CC(=O)Nc2ccc3ncnc(Nc4cccc(Br)c4)c3c2)CC1. The highest BCUT2D eigenvalue weighted by atomic mass is 79.9. The topological polar surface area (TPSA) is 73.4 Å². The summed E-state index contributed by atoms with van der Waals surface area (Å²) in [4.78, 5) is 25.7. The molecule has 4 rings (SSSR count). The van der Waals surface area contributed by atoms with Crippen molar-refractivity contribution in [1.82, 2.24) is 19.8 Å². The zero-order valence-electron chi connectivity index (χ0n) is 16.2. The Morgan fingerprint density at radius 1 is 1.07 bits per heavy atom. The highest BCUT2D eigenvalue weighted by Gasteiger charge is 2.16. The molecule has 0 spiro atoms. The highest BCUT2D eigenvalue weighted by Crippen LogP contribution is 2.27. The summed E-state index contributed by atoms with van der Waals surface area (Å²) in [6.45, 7) is 4.21. The zero-order chi connectivity index (χ0) is 20.2. The van der Waals surface area contributed by atoms with Crippen LogP contribution >= 0.6 is 15.9 Å². The minimum absolute atomic E-state index is 0.00717. The maximum atomic E-state index is 12.5. The molecule has 3 aromatic rings. The Labute approximate surface area is 178 Å². The molecule has 1 aliphatic heterocycles. The smallest absolute Gasteiger partial charge is 0.238 e. The van der Waals surface area contributed by atoms with Crippen LogP contribution in [0.3, 0.4) is 0 Å². The second kappa shape index (κ2) is 8.86. The molecule has 2 aromatic carbocycles. The van der Waals surface area contributed by atoms with Crippen molar-refractivity contribution in [3.63, 3.8) is 0 Å². The summed E-state index contributed by atoms with van der Waals surface area (Å²) in [7, 11) is 2.11. The summed E-state index contributed by atoms with van der Waals surface area (Å²) in [5, 5.41) is 7.19. The maximum Gasteiger partial charge on any atom is 0.238 e. The number of hydrogen-bond acceptors (Lipinski definition) is 6. The van der Waals surface area contributed by atoms with Gasteiger partial charge in [-0.05, 0) is 43.4 Å². The van der Waals surface area contributed by atoms with Gasteiger partial charge in [0.15, 0.2) is 0 Å². The first kappa shape index (κ1) is 19.8. The van der Waals surface area contributed by atoms with E-state index in [-0.39, 0.29) is 5.91 Å². The van der Waals surface area contributed by atoms with Gasteiger partial charge in [-0.2, -0.15) is 0 Å². The Hall–Kier alpha value is -2.55. The fourth-order valence-electron chi connectivity index (χ4n) is 3.35. The van der Waals surface area contributed by atoms with Gasteiger partial charge in [0.2, 0.25) is 5.91 Å². The number of aromatic nitrogens is 2. The second-order valence-electron chi connectivity index (χ2n) is 7.22. The van der Waals surface area contributed by atoms with Crippen molar-refractivity contribution < 1.29 is 4.79 Å². The second-order valence-corrected chi connectivity index (χ2v) is 8.13. The molecule has 2 N–H and O–H groups in total. The van der Waals surface area contributed by atoms with Crippen molar-refractivity contribution in [2.75, 3.05) is 50.4 Å². The molecule has 0 aliphatic carbocycles. The fraction of sp³-hybridized carbons (Fsp3) is 0.286. The normalized spacial score (nSPS) is 15.4. The van der Waals surface area contributed by atoms with Crippen LogP contribution in [0.4, 0.5) is 17.2 Å². The molecular weight excluding hydrogens is 432 g/mol. The first-order chi connectivity index (χ1) is 14.1. The third-order valence-corrected chi connectivity index (χ3v) is 5.46. The summed E-state index contributed by atoms with van der Waals surface area (Å²) in [6, 6.07) is 13.6. The third kappa shape index (κ3) is 5.09. The Morgan fingerprint density at radius 2 is 1.90 bits per heavy atom. The number of rotatable bonds is 5. The summed E-state index contributed by atoms with van der Waals surface area (Å²) in [6.07, 6.45) is 1.54. The number of nitrogens with zero attached hydrogens (tertiary/aromatic N) is 4. The van der Waals surface area contributed by atoms with Gasteiger partial charge in [-0.1, -0.05) is 22.0 Å². The van der Waals surface area contributed by atoms with Gasteiger partial charge < -0.3 is 15.5 Å². The molecule has 7 nitrogen and oxygen atoms in total. The van der Waals surface area contributed by atoms with Crippen LogP contribution < -0.4 is 10.6 Å². The van der Waals surface area contributed by atoms with Crippen molar-refractivity contribution >= 4 is 49.9 Å². The van der Waals surface area contributed by atoms with Crippen molar-refractivity contribution in [3.05, 3.63) is 53.3 Å². The van der Waals surface area contributed by atoms with Gasteiger partial charge in [0, 0.05) is 47.4 Å². The molecule has 0 radical (unpaired) electrons. The van der Waals surface area contributed by atoms with Gasteiger partial charge in [-0.3, -0.25) is 9.69 Å². The van der Waals surface area contributed by atoms with E-state index in [1.165, 1.54) is 6.33 Å². The average molecular weight is 455 g/mol. The molecular formula is C21H23BrN6O. The lowest BCUT2D eigenvalue weighted by Gasteiger charge is -2.31. The molecule has 8 heteroatoms. The molecule has 150 valence electrons. The minimum Gasteiger partial charge on any atom is -0.340 e. The van der Waals surface area contributed by atoms with Crippen LogP contribution in [0.25, 0.3) is 10.9 Å². The molecule has 2 heterocycles. The Morgan fingerprint density at radius 3 is 2.69 bits per heavy atom. The number of piperazine rings is 1. The van der Waals surface area contributed by atoms with Crippen molar-refractivity contribution in [3.8, 4) is 0 Å². The number of anilines is 3. The van der Waals surface area contributed by atoms with Gasteiger partial charge in [-0.15, -0.1) is 0 Å². The van der Waals surface area contributed by atoms with Gasteiger partial charge >= 0.3 is 0 Å². The molecule has 0 bridgehead atoms. The molecule has 1 saturated heterocycles. The molecule has 0 atom stereocenters. The summed E-state index contributed by atoms with van der Waals surface area (Å²) >= 11 is 3.48. The summed E-state index contributed by atoms with van der Waals surface area (Å²) in [5.74, 6) is 0.690. The van der Waals surface area contributed by atoms with E-state index in [9.17, 15) is 4.79 Å². The van der Waals surface area contributed by atoms with Crippen LogP contribution in [0.2, 0.25) is 0 Å². The van der Waals surface area contributed by atoms with Crippen molar-refractivity contribution in [1.29, 1.82) is 0 Å². The van der Waals surface area contributed by atoms with E-state index in [4.69, 9.17) is 0 Å². The Balaban J connectivity index is 1.50. The number of fused-ring (bicyclic) bond motifs is 1. The largest absolute Gasteiger partial charge is 0.340 e. The lowest BCUT2D eigenvalue weighted by atomic mass is 10.2. The monoisotopic (exact) mass is 454 g/mol. The van der Waals surface area contributed by atoms with Crippen LogP contribution in [0, 0.1) is 0 Å². The fourth-order valence-corrected chi connectivity index (χ4v) is 3.75. The number of hydrogen-bond donors (Lipinski definition) is 2. The van der Waals surface area contributed by atoms with E-state index in [0.29, 0.717) is 12.4 Å². The van der Waals surface area contributed by atoms with Crippen LogP contribution in [0.15, 0.2) is 53.3 Å². The number of nitrogens with one attached hydrogen (secondary N) is 2. The number of halogens is 1. The summed E-state index contributed by atoms with van der Waals surface area (Å²) in [5.41, 5.74) is 2.47. The van der Waals surface area contributed by atoms with Gasteiger partial charge in [0.05, 0.1) is 12.1 Å².